The molecule has 3 amide bonds. The van der Waals surface area contributed by atoms with E-state index < -0.39 is 17.1 Å². The number of nitrogens with zero attached hydrogens (tertiary/aromatic N) is 2. The van der Waals surface area contributed by atoms with Crippen molar-refractivity contribution in [2.75, 3.05) is 24.4 Å². The fourth-order valence-corrected chi connectivity index (χ4v) is 9.15. The molecule has 12 heteroatoms. The number of nitrogens with one attached hydrogen (secondary N) is 1. The Hall–Kier alpha value is -4.39. The molecule has 1 saturated heterocycles. The summed E-state index contributed by atoms with van der Waals surface area (Å²) in [7, 11) is 3.06. The Labute approximate surface area is 280 Å². The van der Waals surface area contributed by atoms with Crippen LogP contribution < -0.4 is 24.6 Å². The van der Waals surface area contributed by atoms with Gasteiger partial charge in [-0.1, -0.05) is 75.4 Å². The van der Waals surface area contributed by atoms with Gasteiger partial charge in [0.1, 0.15) is 11.8 Å². The van der Waals surface area contributed by atoms with E-state index in [1.54, 1.807) is 36.4 Å². The van der Waals surface area contributed by atoms with Gasteiger partial charge in [-0.25, -0.2) is 4.90 Å². The molecule has 46 heavy (non-hydrogen) atoms. The highest BCUT2D eigenvalue weighted by Crippen LogP contribution is 2.54. The lowest BCUT2D eigenvalue weighted by molar-refractivity contribution is -0.122. The van der Waals surface area contributed by atoms with Crippen LogP contribution in [-0.4, -0.2) is 41.8 Å². The van der Waals surface area contributed by atoms with Gasteiger partial charge in [0.25, 0.3) is 0 Å². The van der Waals surface area contributed by atoms with Crippen LogP contribution in [0.15, 0.2) is 99.2 Å². The first kappa shape index (κ1) is 30.3. The zero-order chi connectivity index (χ0) is 32.1. The predicted octanol–water partition coefficient (Wildman–Crippen LogP) is 6.28. The van der Waals surface area contributed by atoms with Gasteiger partial charge in [-0.3, -0.25) is 23.7 Å². The van der Waals surface area contributed by atoms with E-state index >= 15 is 0 Å². The molecule has 1 N–H and O–H groups in total. The first-order valence-electron chi connectivity index (χ1n) is 14.3. The van der Waals surface area contributed by atoms with Crippen molar-refractivity contribution in [1.29, 1.82) is 0 Å². The first-order valence-corrected chi connectivity index (χ1v) is 16.8. The van der Waals surface area contributed by atoms with Gasteiger partial charge in [0.2, 0.25) is 17.7 Å². The third-order valence-electron chi connectivity index (χ3n) is 8.24. The summed E-state index contributed by atoms with van der Waals surface area (Å²) in [5.74, 6) is -1.56. The molecule has 0 radical (unpaired) electrons. The molecule has 3 heterocycles. The van der Waals surface area contributed by atoms with Crippen molar-refractivity contribution in [3.8, 4) is 11.5 Å². The van der Waals surface area contributed by atoms with Gasteiger partial charge in [0.05, 0.1) is 30.9 Å². The van der Waals surface area contributed by atoms with Gasteiger partial charge < -0.3 is 14.8 Å². The molecule has 4 aromatic carbocycles. The number of imide groups is 1. The molecule has 1 aromatic heterocycles. The highest BCUT2D eigenvalue weighted by molar-refractivity contribution is 9.10. The first-order chi connectivity index (χ1) is 22.3. The molecule has 0 unspecified atom stereocenters. The number of amides is 3. The fraction of sp³-hybridized carbons (Fsp3) is 0.176. The summed E-state index contributed by atoms with van der Waals surface area (Å²) in [6, 6.07) is 25.8. The number of ether oxygens (including phenoxy) is 2. The second-order valence-corrected chi connectivity index (χ2v) is 13.9. The lowest BCUT2D eigenvalue weighted by Gasteiger charge is -2.31. The standard InChI is InChI=1S/C34H26BrN3O6S2/c1-43-24-14-8-20(16-25(24)44-2)27-28-29(32(41)38(31(28)40)23-12-9-21(35)10-13-23)45-33-30(27)46-34(42)37(33)17-26(39)36-22-11-7-18-5-3-4-6-19(18)15-22/h3-16,27-29H,17H2,1-2H3,(H,36,39)/t27-,28-,29+/m0/s1. The van der Waals surface area contributed by atoms with Crippen molar-refractivity contribution < 1.29 is 23.9 Å². The maximum Gasteiger partial charge on any atom is 0.308 e. The zero-order valence-corrected chi connectivity index (χ0v) is 27.8. The summed E-state index contributed by atoms with van der Waals surface area (Å²) in [4.78, 5) is 56.5. The molecule has 5 aromatic rings. The molecular formula is C34H26BrN3O6S2. The lowest BCUT2D eigenvalue weighted by Crippen LogP contribution is -2.33. The van der Waals surface area contributed by atoms with E-state index in [0.29, 0.717) is 38.3 Å². The largest absolute Gasteiger partial charge is 0.493 e. The normalized spacial score (nSPS) is 18.8. The Morgan fingerprint density at radius 3 is 2.35 bits per heavy atom. The van der Waals surface area contributed by atoms with Crippen molar-refractivity contribution in [2.24, 2.45) is 5.92 Å². The van der Waals surface area contributed by atoms with Gasteiger partial charge >= 0.3 is 4.87 Å². The van der Waals surface area contributed by atoms with E-state index in [1.807, 2.05) is 48.5 Å². The summed E-state index contributed by atoms with van der Waals surface area (Å²) in [5, 5.41) is 4.62. The van der Waals surface area contributed by atoms with E-state index in [-0.39, 0.29) is 29.1 Å². The number of aromatic nitrogens is 1. The Morgan fingerprint density at radius 2 is 1.61 bits per heavy atom. The number of thiazole rings is 1. The highest BCUT2D eigenvalue weighted by Gasteiger charge is 2.57. The second kappa shape index (κ2) is 12.1. The molecule has 9 nitrogen and oxygen atoms in total. The number of halogens is 1. The van der Waals surface area contributed by atoms with Crippen molar-refractivity contribution in [1.82, 2.24) is 4.57 Å². The Balaban J connectivity index is 1.28. The van der Waals surface area contributed by atoms with Crippen LogP contribution in [0.25, 0.3) is 10.8 Å². The summed E-state index contributed by atoms with van der Waals surface area (Å²) >= 11 is 5.57. The van der Waals surface area contributed by atoms with Crippen molar-refractivity contribution in [3.63, 3.8) is 0 Å². The van der Waals surface area contributed by atoms with Gasteiger partial charge in [0.15, 0.2) is 11.5 Å². The van der Waals surface area contributed by atoms with Gasteiger partial charge in [-0.05, 0) is 64.9 Å². The molecule has 1 fully saturated rings. The highest BCUT2D eigenvalue weighted by atomic mass is 79.9. The molecule has 232 valence electrons. The van der Waals surface area contributed by atoms with E-state index in [1.165, 1.54) is 35.4 Å². The van der Waals surface area contributed by atoms with Gasteiger partial charge in [-0.2, -0.15) is 0 Å². The number of rotatable bonds is 7. The van der Waals surface area contributed by atoms with Crippen LogP contribution in [0.1, 0.15) is 16.4 Å². The van der Waals surface area contributed by atoms with Gasteiger partial charge in [0, 0.05) is 21.0 Å². The number of anilines is 2. The summed E-state index contributed by atoms with van der Waals surface area (Å²) < 4.78 is 13.2. The van der Waals surface area contributed by atoms with E-state index in [9.17, 15) is 19.2 Å². The van der Waals surface area contributed by atoms with E-state index in [4.69, 9.17) is 9.47 Å². The zero-order valence-electron chi connectivity index (χ0n) is 24.6. The molecular weight excluding hydrogens is 690 g/mol. The van der Waals surface area contributed by atoms with Crippen LogP contribution in [0.3, 0.4) is 0 Å². The van der Waals surface area contributed by atoms with Crippen molar-refractivity contribution >= 4 is 78.9 Å². The van der Waals surface area contributed by atoms with E-state index in [2.05, 4.69) is 21.2 Å². The monoisotopic (exact) mass is 715 g/mol. The van der Waals surface area contributed by atoms with Crippen molar-refractivity contribution in [2.45, 2.75) is 22.7 Å². The quantitative estimate of drug-likeness (QED) is 0.198. The second-order valence-electron chi connectivity index (χ2n) is 10.9. The number of hydrogen-bond donors (Lipinski definition) is 1. The Kier molecular flexibility index (Phi) is 7.95. The van der Waals surface area contributed by atoms with Crippen LogP contribution >= 0.6 is 39.0 Å². The average Bonchev–Trinajstić information content (AvgIpc) is 3.50. The summed E-state index contributed by atoms with van der Waals surface area (Å²) in [5.41, 5.74) is 1.77. The van der Waals surface area contributed by atoms with Crippen LogP contribution in [0, 0.1) is 5.92 Å². The van der Waals surface area contributed by atoms with Crippen LogP contribution in [0.2, 0.25) is 0 Å². The molecule has 0 bridgehead atoms. The molecule has 0 aliphatic carbocycles. The fourth-order valence-electron chi connectivity index (χ4n) is 6.12. The average molecular weight is 717 g/mol. The van der Waals surface area contributed by atoms with Crippen LogP contribution in [0.5, 0.6) is 11.5 Å². The van der Waals surface area contributed by atoms with Crippen LogP contribution in [-0.2, 0) is 20.9 Å². The third kappa shape index (κ3) is 5.20. The SMILES string of the molecule is COc1ccc([C@@H]2c3sc(=O)n(CC(=O)Nc4ccc5ccccc5c4)c3S[C@H]3C(=O)N(c4ccc(Br)cc4)C(=O)[C@@H]23)cc1OC. The number of carbonyl (C=O) groups is 3. The number of hydrogen-bond acceptors (Lipinski definition) is 8. The third-order valence-corrected chi connectivity index (χ3v) is 11.4. The molecule has 0 spiro atoms. The predicted molar refractivity (Wildman–Crippen MR) is 182 cm³/mol. The summed E-state index contributed by atoms with van der Waals surface area (Å²) in [6.07, 6.45) is 0. The minimum absolute atomic E-state index is 0.251. The number of carbonyl (C=O) groups excluding carboxylic acids is 3. The Bertz CT molecular complexity index is 2090. The van der Waals surface area contributed by atoms with Gasteiger partial charge in [-0.15, -0.1) is 0 Å². The molecule has 2 aliphatic heterocycles. The number of fused-ring (bicyclic) bond motifs is 3. The Morgan fingerprint density at radius 1 is 0.870 bits per heavy atom. The smallest absolute Gasteiger partial charge is 0.308 e. The maximum atomic E-state index is 14.2. The van der Waals surface area contributed by atoms with Crippen LogP contribution in [0.4, 0.5) is 11.4 Å². The molecule has 7 rings (SSSR count). The minimum atomic E-state index is -0.814. The summed E-state index contributed by atoms with van der Waals surface area (Å²) in [6.45, 7) is -0.251. The molecule has 2 aliphatic rings. The topological polar surface area (TPSA) is 107 Å². The lowest BCUT2D eigenvalue weighted by atomic mass is 9.83. The van der Waals surface area contributed by atoms with Crippen molar-refractivity contribution in [3.05, 3.63) is 110 Å². The minimum Gasteiger partial charge on any atom is -0.493 e. The molecule has 0 saturated carbocycles. The maximum absolute atomic E-state index is 14.2. The number of methoxy groups -OCH3 is 2. The molecule has 3 atom stereocenters. The number of thioether (sulfide) groups is 1. The number of benzene rings is 4. The van der Waals surface area contributed by atoms with E-state index in [0.717, 1.165) is 26.6 Å².